The zero-order valence-corrected chi connectivity index (χ0v) is 20.8. The second kappa shape index (κ2) is 9.26. The smallest absolute Gasteiger partial charge is 0.162 e. The SMILES string of the molecule is CC(C)N1CCN(Cc2cc3nc(-c4cccc5[nH]ccc45)nc(N4CCOCC4)c3s2)CC1. The number of benzene rings is 1. The van der Waals surface area contributed by atoms with Gasteiger partial charge in [-0.1, -0.05) is 12.1 Å². The first kappa shape index (κ1) is 22.0. The summed E-state index contributed by atoms with van der Waals surface area (Å²) < 4.78 is 6.83. The number of nitrogens with one attached hydrogen (secondary N) is 1. The number of morpholine rings is 1. The number of H-pyrrole nitrogens is 1. The van der Waals surface area contributed by atoms with E-state index in [1.807, 2.05) is 17.5 Å². The van der Waals surface area contributed by atoms with Gasteiger partial charge >= 0.3 is 0 Å². The van der Waals surface area contributed by atoms with Crippen LogP contribution in [-0.4, -0.2) is 83.3 Å². The lowest BCUT2D eigenvalue weighted by Crippen LogP contribution is -2.48. The Morgan fingerprint density at radius 3 is 2.65 bits per heavy atom. The van der Waals surface area contributed by atoms with Crippen LogP contribution < -0.4 is 4.90 Å². The molecule has 4 aromatic rings. The van der Waals surface area contributed by atoms with Crippen LogP contribution >= 0.6 is 11.3 Å². The van der Waals surface area contributed by atoms with E-state index in [0.717, 1.165) is 92.7 Å². The van der Waals surface area contributed by atoms with Gasteiger partial charge in [0.1, 0.15) is 0 Å². The topological polar surface area (TPSA) is 60.5 Å². The second-order valence-corrected chi connectivity index (χ2v) is 10.7. The molecule has 8 heteroatoms. The molecule has 0 unspecified atom stereocenters. The third-order valence-corrected chi connectivity index (χ3v) is 8.17. The summed E-state index contributed by atoms with van der Waals surface area (Å²) in [5, 5.41) is 1.16. The fraction of sp³-hybridized carbons (Fsp3) is 0.462. The van der Waals surface area contributed by atoms with Crippen molar-refractivity contribution in [3.63, 3.8) is 0 Å². The number of nitrogens with zero attached hydrogens (tertiary/aromatic N) is 5. The van der Waals surface area contributed by atoms with E-state index in [9.17, 15) is 0 Å². The molecule has 3 aromatic heterocycles. The minimum atomic E-state index is 0.626. The summed E-state index contributed by atoms with van der Waals surface area (Å²) in [5.74, 6) is 1.85. The van der Waals surface area contributed by atoms with Crippen LogP contribution in [0.25, 0.3) is 32.5 Å². The molecule has 178 valence electrons. The summed E-state index contributed by atoms with van der Waals surface area (Å²) in [6.45, 7) is 13.3. The number of hydrogen-bond acceptors (Lipinski definition) is 7. The largest absolute Gasteiger partial charge is 0.378 e. The highest BCUT2D eigenvalue weighted by molar-refractivity contribution is 7.19. The Morgan fingerprint density at radius 2 is 1.85 bits per heavy atom. The molecule has 0 spiro atoms. The van der Waals surface area contributed by atoms with Crippen molar-refractivity contribution in [1.82, 2.24) is 24.8 Å². The fourth-order valence-corrected chi connectivity index (χ4v) is 6.25. The van der Waals surface area contributed by atoms with Crippen molar-refractivity contribution in [2.75, 3.05) is 57.4 Å². The quantitative estimate of drug-likeness (QED) is 0.466. The van der Waals surface area contributed by atoms with E-state index in [1.165, 1.54) is 9.58 Å². The Hall–Kier alpha value is -2.52. The molecule has 0 radical (unpaired) electrons. The third kappa shape index (κ3) is 4.20. The number of aromatic amines is 1. The molecular formula is C26H32N6OS. The van der Waals surface area contributed by atoms with Gasteiger partial charge in [0, 0.05) is 79.4 Å². The van der Waals surface area contributed by atoms with Crippen molar-refractivity contribution in [3.05, 3.63) is 41.4 Å². The number of rotatable bonds is 5. The summed E-state index contributed by atoms with van der Waals surface area (Å²) in [6.07, 6.45) is 1.98. The van der Waals surface area contributed by atoms with Crippen LogP contribution in [-0.2, 0) is 11.3 Å². The maximum Gasteiger partial charge on any atom is 0.162 e. The van der Waals surface area contributed by atoms with Gasteiger partial charge < -0.3 is 14.6 Å². The standard InChI is InChI=1S/C26H32N6OS/c1-18(2)31-10-8-30(9-11-31)17-19-16-23-24(34-19)26(32-12-14-33-15-13-32)29-25(28-23)21-4-3-5-22-20(21)6-7-27-22/h3-7,16,18,27H,8-15,17H2,1-2H3. The first-order valence-electron chi connectivity index (χ1n) is 12.3. The van der Waals surface area contributed by atoms with Crippen LogP contribution in [0.1, 0.15) is 18.7 Å². The van der Waals surface area contributed by atoms with E-state index in [1.54, 1.807) is 0 Å². The van der Waals surface area contributed by atoms with Crippen molar-refractivity contribution in [2.45, 2.75) is 26.4 Å². The number of fused-ring (bicyclic) bond motifs is 2. The van der Waals surface area contributed by atoms with Gasteiger partial charge in [-0.2, -0.15) is 0 Å². The van der Waals surface area contributed by atoms with Crippen molar-refractivity contribution in [2.24, 2.45) is 0 Å². The highest BCUT2D eigenvalue weighted by Crippen LogP contribution is 2.36. The summed E-state index contributed by atoms with van der Waals surface area (Å²) >= 11 is 1.86. The van der Waals surface area contributed by atoms with Gasteiger partial charge in [0.05, 0.1) is 23.4 Å². The van der Waals surface area contributed by atoms with Gasteiger partial charge in [0.15, 0.2) is 11.6 Å². The van der Waals surface area contributed by atoms with Crippen molar-refractivity contribution < 1.29 is 4.74 Å². The van der Waals surface area contributed by atoms with Crippen molar-refractivity contribution in [3.8, 4) is 11.4 Å². The molecule has 0 bridgehead atoms. The number of piperazine rings is 1. The number of ether oxygens (including phenoxy) is 1. The fourth-order valence-electron chi connectivity index (χ4n) is 5.09. The Kier molecular flexibility index (Phi) is 5.99. The average molecular weight is 477 g/mol. The first-order chi connectivity index (χ1) is 16.7. The molecule has 2 aliphatic heterocycles. The summed E-state index contributed by atoms with van der Waals surface area (Å²) in [4.78, 5) is 22.4. The molecule has 34 heavy (non-hydrogen) atoms. The third-order valence-electron chi connectivity index (χ3n) is 7.07. The number of hydrogen-bond donors (Lipinski definition) is 1. The molecule has 6 rings (SSSR count). The molecule has 0 aliphatic carbocycles. The molecular weight excluding hydrogens is 444 g/mol. The summed E-state index contributed by atoms with van der Waals surface area (Å²) in [7, 11) is 0. The van der Waals surface area contributed by atoms with Gasteiger partial charge in [-0.05, 0) is 32.0 Å². The van der Waals surface area contributed by atoms with E-state index in [0.29, 0.717) is 6.04 Å². The molecule has 5 heterocycles. The van der Waals surface area contributed by atoms with E-state index < -0.39 is 0 Å². The van der Waals surface area contributed by atoms with Gasteiger partial charge in [-0.25, -0.2) is 9.97 Å². The summed E-state index contributed by atoms with van der Waals surface area (Å²) in [6, 6.07) is 11.3. The predicted octanol–water partition coefficient (Wildman–Crippen LogP) is 4.20. The predicted molar refractivity (Wildman–Crippen MR) is 140 cm³/mol. The van der Waals surface area contributed by atoms with Crippen LogP contribution in [0.15, 0.2) is 36.5 Å². The van der Waals surface area contributed by atoms with Gasteiger partial charge in [-0.15, -0.1) is 11.3 Å². The first-order valence-corrected chi connectivity index (χ1v) is 13.1. The average Bonchev–Trinajstić information content (AvgIpc) is 3.50. The van der Waals surface area contributed by atoms with Crippen LogP contribution in [0, 0.1) is 0 Å². The molecule has 1 N–H and O–H groups in total. The maximum atomic E-state index is 5.63. The lowest BCUT2D eigenvalue weighted by atomic mass is 10.1. The van der Waals surface area contributed by atoms with Crippen LogP contribution in [0.4, 0.5) is 5.82 Å². The second-order valence-electron chi connectivity index (χ2n) is 9.55. The Morgan fingerprint density at radius 1 is 1.03 bits per heavy atom. The zero-order chi connectivity index (χ0) is 23.1. The number of anilines is 1. The molecule has 7 nitrogen and oxygen atoms in total. The molecule has 0 amide bonds. The van der Waals surface area contributed by atoms with Gasteiger partial charge in [0.2, 0.25) is 0 Å². The Bertz CT molecular complexity index is 1280. The van der Waals surface area contributed by atoms with E-state index in [4.69, 9.17) is 14.7 Å². The highest BCUT2D eigenvalue weighted by atomic mass is 32.1. The molecule has 1 aromatic carbocycles. The number of thiophene rings is 1. The van der Waals surface area contributed by atoms with Crippen LogP contribution in [0.3, 0.4) is 0 Å². The zero-order valence-electron chi connectivity index (χ0n) is 20.0. The van der Waals surface area contributed by atoms with Gasteiger partial charge in [-0.3, -0.25) is 9.80 Å². The molecule has 2 aliphatic rings. The monoisotopic (exact) mass is 476 g/mol. The van der Waals surface area contributed by atoms with Crippen molar-refractivity contribution >= 4 is 38.3 Å². The van der Waals surface area contributed by atoms with Crippen molar-refractivity contribution in [1.29, 1.82) is 0 Å². The van der Waals surface area contributed by atoms with E-state index >= 15 is 0 Å². The molecule has 2 fully saturated rings. The van der Waals surface area contributed by atoms with E-state index in [2.05, 4.69) is 63.9 Å². The lowest BCUT2D eigenvalue weighted by molar-refractivity contribution is 0.105. The van der Waals surface area contributed by atoms with E-state index in [-0.39, 0.29) is 0 Å². The number of aromatic nitrogens is 3. The molecule has 0 saturated carbocycles. The summed E-state index contributed by atoms with van der Waals surface area (Å²) in [5.41, 5.74) is 3.24. The minimum absolute atomic E-state index is 0.626. The minimum Gasteiger partial charge on any atom is -0.378 e. The Labute approximate surface area is 204 Å². The normalized spacial score (nSPS) is 18.5. The van der Waals surface area contributed by atoms with Gasteiger partial charge in [0.25, 0.3) is 0 Å². The maximum absolute atomic E-state index is 5.63. The molecule has 0 atom stereocenters. The van der Waals surface area contributed by atoms with Crippen LogP contribution in [0.5, 0.6) is 0 Å². The molecule has 2 saturated heterocycles. The lowest BCUT2D eigenvalue weighted by Gasteiger charge is -2.36. The van der Waals surface area contributed by atoms with Crippen LogP contribution in [0.2, 0.25) is 0 Å². The highest BCUT2D eigenvalue weighted by Gasteiger charge is 2.23. The Balaban J connectivity index is 1.37.